The van der Waals surface area contributed by atoms with Crippen LogP contribution in [0.2, 0.25) is 0 Å². The van der Waals surface area contributed by atoms with Gasteiger partial charge >= 0.3 is 5.97 Å². The fourth-order valence-corrected chi connectivity index (χ4v) is 2.96. The van der Waals surface area contributed by atoms with Gasteiger partial charge in [-0.3, -0.25) is 10.1 Å². The van der Waals surface area contributed by atoms with E-state index in [4.69, 9.17) is 14.6 Å². The summed E-state index contributed by atoms with van der Waals surface area (Å²) < 4.78 is 10.2. The molecule has 8 heteroatoms. The molecule has 0 aliphatic rings. The van der Waals surface area contributed by atoms with Crippen molar-refractivity contribution in [1.82, 2.24) is 4.98 Å². The van der Waals surface area contributed by atoms with Gasteiger partial charge in [0.05, 0.1) is 12.8 Å². The molecular formula is C19H16N2O5S. The number of rotatable bonds is 7. The van der Waals surface area contributed by atoms with Crippen LogP contribution in [0.25, 0.3) is 11.3 Å². The molecule has 0 atom stereocenters. The SMILES string of the molecule is COc1ccc(C(=O)Nc2nc(-c3ccc(OCC(=O)O)cc3)cs2)cc1. The van der Waals surface area contributed by atoms with Crippen molar-refractivity contribution in [2.75, 3.05) is 19.0 Å². The number of nitrogens with one attached hydrogen (secondary N) is 1. The maximum absolute atomic E-state index is 12.3. The second-order valence-electron chi connectivity index (χ2n) is 5.43. The second-order valence-corrected chi connectivity index (χ2v) is 6.29. The highest BCUT2D eigenvalue weighted by molar-refractivity contribution is 7.14. The number of ether oxygens (including phenoxy) is 2. The zero-order chi connectivity index (χ0) is 19.2. The van der Waals surface area contributed by atoms with Crippen molar-refractivity contribution >= 4 is 28.3 Å². The molecule has 0 saturated heterocycles. The number of carboxylic acids is 1. The maximum Gasteiger partial charge on any atom is 0.341 e. The smallest absolute Gasteiger partial charge is 0.341 e. The highest BCUT2D eigenvalue weighted by atomic mass is 32.1. The first-order chi connectivity index (χ1) is 13.0. The fourth-order valence-electron chi connectivity index (χ4n) is 2.24. The Morgan fingerprint density at radius 2 is 1.74 bits per heavy atom. The van der Waals surface area contributed by atoms with Crippen LogP contribution in [0, 0.1) is 0 Å². The summed E-state index contributed by atoms with van der Waals surface area (Å²) in [5.41, 5.74) is 2.04. The Bertz CT molecular complexity index is 935. The lowest BCUT2D eigenvalue weighted by atomic mass is 10.2. The summed E-state index contributed by atoms with van der Waals surface area (Å²) in [6.07, 6.45) is 0. The Morgan fingerprint density at radius 1 is 1.07 bits per heavy atom. The lowest BCUT2D eigenvalue weighted by Gasteiger charge is -2.04. The van der Waals surface area contributed by atoms with Gasteiger partial charge in [0.25, 0.3) is 5.91 Å². The highest BCUT2D eigenvalue weighted by Gasteiger charge is 2.10. The molecule has 1 heterocycles. The van der Waals surface area contributed by atoms with Crippen LogP contribution in [0.1, 0.15) is 10.4 Å². The molecule has 3 rings (SSSR count). The molecule has 0 fully saturated rings. The number of aliphatic carboxylic acids is 1. The van der Waals surface area contributed by atoms with Crippen LogP contribution in [0.4, 0.5) is 5.13 Å². The third-order valence-corrected chi connectivity index (χ3v) is 4.35. The van der Waals surface area contributed by atoms with Crippen molar-refractivity contribution in [1.29, 1.82) is 0 Å². The lowest BCUT2D eigenvalue weighted by molar-refractivity contribution is -0.139. The van der Waals surface area contributed by atoms with E-state index in [0.717, 1.165) is 5.56 Å². The predicted octanol–water partition coefficient (Wildman–Crippen LogP) is 3.53. The van der Waals surface area contributed by atoms with Gasteiger partial charge in [0.1, 0.15) is 11.5 Å². The molecule has 1 amide bonds. The van der Waals surface area contributed by atoms with Gasteiger partial charge in [0.2, 0.25) is 0 Å². The van der Waals surface area contributed by atoms with Crippen molar-refractivity contribution in [3.63, 3.8) is 0 Å². The molecule has 3 aromatic rings. The minimum Gasteiger partial charge on any atom is -0.497 e. The number of methoxy groups -OCH3 is 1. The first-order valence-electron chi connectivity index (χ1n) is 7.91. The number of carboxylic acid groups (broad SMARTS) is 1. The van der Waals surface area contributed by atoms with Crippen molar-refractivity contribution in [3.8, 4) is 22.8 Å². The molecule has 0 saturated carbocycles. The van der Waals surface area contributed by atoms with Gasteiger partial charge in [-0.2, -0.15) is 0 Å². The molecule has 0 radical (unpaired) electrons. The Balaban J connectivity index is 1.65. The summed E-state index contributed by atoms with van der Waals surface area (Å²) in [6.45, 7) is -0.391. The number of anilines is 1. The van der Waals surface area contributed by atoms with Crippen molar-refractivity contribution < 1.29 is 24.2 Å². The molecule has 138 valence electrons. The van der Waals surface area contributed by atoms with Crippen LogP contribution < -0.4 is 14.8 Å². The minimum atomic E-state index is -1.03. The normalized spacial score (nSPS) is 10.3. The van der Waals surface area contributed by atoms with E-state index in [1.807, 2.05) is 5.38 Å². The van der Waals surface area contributed by atoms with E-state index in [1.54, 1.807) is 55.6 Å². The van der Waals surface area contributed by atoms with Crippen molar-refractivity contribution in [2.45, 2.75) is 0 Å². The summed E-state index contributed by atoms with van der Waals surface area (Å²) in [5, 5.41) is 13.7. The topological polar surface area (TPSA) is 97.8 Å². The minimum absolute atomic E-state index is 0.254. The number of thiazole rings is 1. The molecule has 27 heavy (non-hydrogen) atoms. The van der Waals surface area contributed by atoms with Crippen LogP contribution in [-0.4, -0.2) is 35.7 Å². The van der Waals surface area contributed by atoms with E-state index < -0.39 is 12.6 Å². The van der Waals surface area contributed by atoms with Gasteiger partial charge in [0, 0.05) is 16.5 Å². The Morgan fingerprint density at radius 3 is 2.37 bits per heavy atom. The lowest BCUT2D eigenvalue weighted by Crippen LogP contribution is -2.11. The second kappa shape index (κ2) is 8.33. The summed E-state index contributed by atoms with van der Waals surface area (Å²) in [5.74, 6) is -0.143. The maximum atomic E-state index is 12.3. The quantitative estimate of drug-likeness (QED) is 0.647. The molecule has 0 spiro atoms. The molecule has 0 bridgehead atoms. The van der Waals surface area contributed by atoms with E-state index in [2.05, 4.69) is 10.3 Å². The molecular weight excluding hydrogens is 368 g/mol. The summed E-state index contributed by atoms with van der Waals surface area (Å²) in [6, 6.07) is 13.7. The third-order valence-electron chi connectivity index (χ3n) is 3.59. The molecule has 1 aromatic heterocycles. The molecule has 7 nitrogen and oxygen atoms in total. The number of nitrogens with zero attached hydrogens (tertiary/aromatic N) is 1. The van der Waals surface area contributed by atoms with Crippen LogP contribution >= 0.6 is 11.3 Å². The zero-order valence-corrected chi connectivity index (χ0v) is 15.2. The Kier molecular flexibility index (Phi) is 5.68. The highest BCUT2D eigenvalue weighted by Crippen LogP contribution is 2.27. The Hall–Kier alpha value is -3.39. The fraction of sp³-hybridized carbons (Fsp3) is 0.105. The summed E-state index contributed by atoms with van der Waals surface area (Å²) in [4.78, 5) is 27.2. The average molecular weight is 384 g/mol. The number of benzene rings is 2. The average Bonchev–Trinajstić information content (AvgIpc) is 3.15. The van der Waals surface area contributed by atoms with Crippen LogP contribution in [-0.2, 0) is 4.79 Å². The molecule has 2 N–H and O–H groups in total. The van der Waals surface area contributed by atoms with E-state index in [9.17, 15) is 9.59 Å². The van der Waals surface area contributed by atoms with Gasteiger partial charge in [-0.25, -0.2) is 9.78 Å². The van der Waals surface area contributed by atoms with E-state index >= 15 is 0 Å². The van der Waals surface area contributed by atoms with E-state index in [-0.39, 0.29) is 5.91 Å². The summed E-state index contributed by atoms with van der Waals surface area (Å²) in [7, 11) is 1.57. The predicted molar refractivity (Wildman–Crippen MR) is 102 cm³/mol. The van der Waals surface area contributed by atoms with Crippen LogP contribution in [0.3, 0.4) is 0 Å². The zero-order valence-electron chi connectivity index (χ0n) is 14.3. The standard InChI is InChI=1S/C19H16N2O5S/c1-25-14-6-4-13(5-7-14)18(24)21-19-20-16(11-27-19)12-2-8-15(9-3-12)26-10-17(22)23/h2-9,11H,10H2,1H3,(H,22,23)(H,20,21,24). The number of carbonyl (C=O) groups is 2. The van der Waals surface area contributed by atoms with Crippen LogP contribution in [0.15, 0.2) is 53.9 Å². The van der Waals surface area contributed by atoms with Crippen molar-refractivity contribution in [3.05, 3.63) is 59.5 Å². The number of aromatic nitrogens is 1. The Labute approximate surface area is 159 Å². The largest absolute Gasteiger partial charge is 0.497 e. The van der Waals surface area contributed by atoms with E-state index in [0.29, 0.717) is 27.9 Å². The van der Waals surface area contributed by atoms with Crippen molar-refractivity contribution in [2.24, 2.45) is 0 Å². The number of amides is 1. The monoisotopic (exact) mass is 384 g/mol. The first kappa shape index (κ1) is 18.4. The number of carbonyl (C=O) groups excluding carboxylic acids is 1. The molecule has 2 aromatic carbocycles. The third kappa shape index (κ3) is 4.83. The van der Waals surface area contributed by atoms with Gasteiger partial charge in [-0.1, -0.05) is 0 Å². The molecule has 0 unspecified atom stereocenters. The van der Waals surface area contributed by atoms with Gasteiger partial charge in [-0.15, -0.1) is 11.3 Å². The first-order valence-corrected chi connectivity index (χ1v) is 8.79. The molecule has 0 aliphatic heterocycles. The van der Waals surface area contributed by atoms with E-state index in [1.165, 1.54) is 11.3 Å². The number of hydrogen-bond acceptors (Lipinski definition) is 6. The molecule has 0 aliphatic carbocycles. The summed E-state index contributed by atoms with van der Waals surface area (Å²) >= 11 is 1.32. The number of hydrogen-bond donors (Lipinski definition) is 2. The van der Waals surface area contributed by atoms with Crippen LogP contribution in [0.5, 0.6) is 11.5 Å². The van der Waals surface area contributed by atoms with Gasteiger partial charge in [0.15, 0.2) is 11.7 Å². The van der Waals surface area contributed by atoms with Gasteiger partial charge < -0.3 is 14.6 Å². The van der Waals surface area contributed by atoms with Gasteiger partial charge in [-0.05, 0) is 48.5 Å².